The Hall–Kier alpha value is -1.10. The first-order valence-electron chi connectivity index (χ1n) is 12.4. The number of benzene rings is 1. The van der Waals surface area contributed by atoms with E-state index in [4.69, 9.17) is 0 Å². The summed E-state index contributed by atoms with van der Waals surface area (Å²) < 4.78 is 0. The normalized spacial score (nSPS) is 21.0. The van der Waals surface area contributed by atoms with Gasteiger partial charge < -0.3 is 14.7 Å². The van der Waals surface area contributed by atoms with Crippen molar-refractivity contribution < 1.29 is 0 Å². The van der Waals surface area contributed by atoms with Gasteiger partial charge in [0.2, 0.25) is 0 Å². The zero-order chi connectivity index (χ0) is 21.5. The number of rotatable bonds is 9. The number of piperazine rings is 1. The molecule has 1 atom stereocenters. The van der Waals surface area contributed by atoms with Crippen LogP contribution in [0.4, 0.5) is 5.69 Å². The molecule has 0 radical (unpaired) electrons. The minimum Gasteiger partial charge on any atom is -0.369 e. The van der Waals surface area contributed by atoms with Crippen molar-refractivity contribution in [1.29, 1.82) is 0 Å². The van der Waals surface area contributed by atoms with Crippen LogP contribution in [-0.4, -0.2) is 80.1 Å². The zero-order valence-corrected chi connectivity index (χ0v) is 20.3. The average molecular weight is 415 g/mol. The van der Waals surface area contributed by atoms with Crippen LogP contribution in [-0.2, 0) is 6.54 Å². The monoisotopic (exact) mass is 414 g/mol. The molecule has 2 heterocycles. The first kappa shape index (κ1) is 23.6. The molecular weight excluding hydrogens is 368 g/mol. The van der Waals surface area contributed by atoms with Gasteiger partial charge in [0.25, 0.3) is 0 Å². The van der Waals surface area contributed by atoms with E-state index in [-0.39, 0.29) is 0 Å². The lowest BCUT2D eigenvalue weighted by Crippen LogP contribution is -2.49. The molecule has 0 bridgehead atoms. The number of hydrogen-bond acceptors (Lipinski definition) is 4. The van der Waals surface area contributed by atoms with Gasteiger partial charge in [-0.1, -0.05) is 32.9 Å². The van der Waals surface area contributed by atoms with Gasteiger partial charge in [-0.3, -0.25) is 4.90 Å². The van der Waals surface area contributed by atoms with Gasteiger partial charge in [-0.15, -0.1) is 0 Å². The van der Waals surface area contributed by atoms with Gasteiger partial charge in [0.15, 0.2) is 0 Å². The first-order chi connectivity index (χ1) is 14.4. The second-order valence-corrected chi connectivity index (χ2v) is 10.3. The third-order valence-electron chi connectivity index (χ3n) is 7.18. The van der Waals surface area contributed by atoms with Gasteiger partial charge in [0.05, 0.1) is 0 Å². The van der Waals surface area contributed by atoms with E-state index in [9.17, 15) is 0 Å². The number of likely N-dealkylation sites (tertiary alicyclic amines) is 1. The van der Waals surface area contributed by atoms with Gasteiger partial charge in [0.1, 0.15) is 0 Å². The molecule has 0 saturated carbocycles. The van der Waals surface area contributed by atoms with Crippen molar-refractivity contribution in [2.75, 3.05) is 64.3 Å². The Morgan fingerprint density at radius 1 is 0.933 bits per heavy atom. The molecular formula is C26H46N4. The highest BCUT2D eigenvalue weighted by Gasteiger charge is 2.22. The second kappa shape index (κ2) is 11.5. The Kier molecular flexibility index (Phi) is 9.03. The number of piperidine rings is 1. The van der Waals surface area contributed by atoms with Gasteiger partial charge in [-0.2, -0.15) is 0 Å². The summed E-state index contributed by atoms with van der Waals surface area (Å²) in [5.41, 5.74) is 2.83. The molecule has 1 unspecified atom stereocenters. The second-order valence-electron chi connectivity index (χ2n) is 10.3. The summed E-state index contributed by atoms with van der Waals surface area (Å²) in [7, 11) is 2.29. The largest absolute Gasteiger partial charge is 0.369 e. The Balaban J connectivity index is 1.40. The van der Waals surface area contributed by atoms with Crippen molar-refractivity contribution in [3.05, 3.63) is 29.8 Å². The lowest BCUT2D eigenvalue weighted by atomic mass is 9.95. The molecule has 0 aliphatic carbocycles. The van der Waals surface area contributed by atoms with Crippen LogP contribution >= 0.6 is 0 Å². The first-order valence-corrected chi connectivity index (χ1v) is 12.4. The minimum absolute atomic E-state index is 0.715. The van der Waals surface area contributed by atoms with E-state index >= 15 is 0 Å². The van der Waals surface area contributed by atoms with Crippen molar-refractivity contribution in [2.45, 2.75) is 59.5 Å². The molecule has 1 aromatic carbocycles. The highest BCUT2D eigenvalue weighted by atomic mass is 15.3. The number of hydrogen-bond donors (Lipinski definition) is 0. The standard InChI is InChI=1S/C26H46N4/c1-6-23(4)29-15-17-30(18-16-29)26-9-7-24(8-10-26)20-27(5)21-25-11-13-28(14-12-25)19-22(2)3/h7-10,22-23,25H,6,11-21H2,1-5H3. The van der Waals surface area contributed by atoms with Crippen LogP contribution in [0.1, 0.15) is 52.5 Å². The molecule has 170 valence electrons. The predicted octanol–water partition coefficient (Wildman–Crippen LogP) is 4.41. The summed E-state index contributed by atoms with van der Waals surface area (Å²) in [6.07, 6.45) is 3.97. The maximum Gasteiger partial charge on any atom is 0.0367 e. The van der Waals surface area contributed by atoms with Crippen LogP contribution in [0, 0.1) is 11.8 Å². The van der Waals surface area contributed by atoms with E-state index in [1.165, 1.54) is 69.8 Å². The van der Waals surface area contributed by atoms with Crippen molar-refractivity contribution in [3.8, 4) is 0 Å². The van der Waals surface area contributed by atoms with Crippen LogP contribution in [0.2, 0.25) is 0 Å². The third-order valence-corrected chi connectivity index (χ3v) is 7.18. The van der Waals surface area contributed by atoms with E-state index < -0.39 is 0 Å². The van der Waals surface area contributed by atoms with E-state index in [0.29, 0.717) is 6.04 Å². The molecule has 3 rings (SSSR count). The summed E-state index contributed by atoms with van der Waals surface area (Å²) in [4.78, 5) is 10.4. The molecule has 4 heteroatoms. The summed E-state index contributed by atoms with van der Waals surface area (Å²) in [6.45, 7) is 20.1. The molecule has 2 aliphatic heterocycles. The van der Waals surface area contributed by atoms with Crippen LogP contribution in [0.3, 0.4) is 0 Å². The molecule has 2 aliphatic rings. The molecule has 30 heavy (non-hydrogen) atoms. The third kappa shape index (κ3) is 6.96. The lowest BCUT2D eigenvalue weighted by Gasteiger charge is -2.39. The maximum absolute atomic E-state index is 2.66. The van der Waals surface area contributed by atoms with Gasteiger partial charge in [-0.05, 0) is 75.9 Å². The van der Waals surface area contributed by atoms with E-state index in [1.807, 2.05) is 0 Å². The van der Waals surface area contributed by atoms with Crippen molar-refractivity contribution in [3.63, 3.8) is 0 Å². The lowest BCUT2D eigenvalue weighted by molar-refractivity contribution is 0.141. The molecule has 2 fully saturated rings. The van der Waals surface area contributed by atoms with Crippen LogP contribution in [0.25, 0.3) is 0 Å². The topological polar surface area (TPSA) is 13.0 Å². The molecule has 4 nitrogen and oxygen atoms in total. The quantitative estimate of drug-likeness (QED) is 0.593. The molecule has 1 aromatic rings. The fourth-order valence-corrected chi connectivity index (χ4v) is 5.18. The van der Waals surface area contributed by atoms with E-state index in [2.05, 4.69) is 78.6 Å². The molecule has 0 N–H and O–H groups in total. The van der Waals surface area contributed by atoms with Gasteiger partial charge in [0, 0.05) is 57.5 Å². The van der Waals surface area contributed by atoms with Gasteiger partial charge >= 0.3 is 0 Å². The molecule has 0 amide bonds. The van der Waals surface area contributed by atoms with Crippen LogP contribution in [0.5, 0.6) is 0 Å². The fourth-order valence-electron chi connectivity index (χ4n) is 5.18. The minimum atomic E-state index is 0.715. The zero-order valence-electron chi connectivity index (χ0n) is 20.3. The summed E-state index contributed by atoms with van der Waals surface area (Å²) >= 11 is 0. The van der Waals surface area contributed by atoms with Gasteiger partial charge in [-0.25, -0.2) is 0 Å². The summed E-state index contributed by atoms with van der Waals surface area (Å²) in [5.74, 6) is 1.65. The fraction of sp³-hybridized carbons (Fsp3) is 0.769. The molecule has 0 spiro atoms. The number of nitrogens with zero attached hydrogens (tertiary/aromatic N) is 4. The SMILES string of the molecule is CCC(C)N1CCN(c2ccc(CN(C)CC3CCN(CC(C)C)CC3)cc2)CC1. The van der Waals surface area contributed by atoms with E-state index in [0.717, 1.165) is 31.5 Å². The average Bonchev–Trinajstić information content (AvgIpc) is 2.75. The highest BCUT2D eigenvalue weighted by molar-refractivity contribution is 5.48. The van der Waals surface area contributed by atoms with Crippen LogP contribution < -0.4 is 4.90 Å². The summed E-state index contributed by atoms with van der Waals surface area (Å²) in [6, 6.07) is 10.1. The van der Waals surface area contributed by atoms with Crippen molar-refractivity contribution >= 4 is 5.69 Å². The Bertz CT molecular complexity index is 598. The molecule has 2 saturated heterocycles. The predicted molar refractivity (Wildman–Crippen MR) is 130 cm³/mol. The Morgan fingerprint density at radius 3 is 2.13 bits per heavy atom. The van der Waals surface area contributed by atoms with Crippen molar-refractivity contribution in [1.82, 2.24) is 14.7 Å². The molecule has 0 aromatic heterocycles. The Labute approximate surface area is 186 Å². The summed E-state index contributed by atoms with van der Waals surface area (Å²) in [5, 5.41) is 0. The highest BCUT2D eigenvalue weighted by Crippen LogP contribution is 2.22. The maximum atomic E-state index is 2.66. The van der Waals surface area contributed by atoms with Crippen molar-refractivity contribution in [2.24, 2.45) is 11.8 Å². The van der Waals surface area contributed by atoms with Crippen LogP contribution in [0.15, 0.2) is 24.3 Å². The Morgan fingerprint density at radius 2 is 1.57 bits per heavy atom. The number of anilines is 1. The smallest absolute Gasteiger partial charge is 0.0367 e. The van der Waals surface area contributed by atoms with E-state index in [1.54, 1.807) is 0 Å².